The molecule has 0 N–H and O–H groups in total. The van der Waals surface area contributed by atoms with Crippen LogP contribution in [0, 0.1) is 5.82 Å². The summed E-state index contributed by atoms with van der Waals surface area (Å²) in [5.74, 6) is -0.707. The maximum absolute atomic E-state index is 13.4. The topological polar surface area (TPSA) is 33.2 Å². The Labute approximate surface area is 103 Å². The number of pyridine rings is 1. The molecule has 0 aliphatic heterocycles. The lowest BCUT2D eigenvalue weighted by atomic mass is 10.1. The smallest absolute Gasteiger partial charge is 0.256 e. The molecule has 0 aliphatic rings. The summed E-state index contributed by atoms with van der Waals surface area (Å²) in [6.07, 6.45) is 1.30. The zero-order valence-corrected chi connectivity index (χ0v) is 10.1. The van der Waals surface area contributed by atoms with Crippen LogP contribution in [0.25, 0.3) is 10.9 Å². The first-order valence-electron chi connectivity index (χ1n) is 4.96. The highest BCUT2D eigenvalue weighted by Crippen LogP contribution is 2.27. The predicted octanol–water partition coefficient (Wildman–Crippen LogP) is 2.73. The standard InChI is InChI=1S/C12H10ClFN2O/c1-16(2)12(17)8-6-15-11-7(10(8)13)4-3-5-9(11)14/h3-6H,1-2H3. The first-order valence-corrected chi connectivity index (χ1v) is 5.34. The monoisotopic (exact) mass is 252 g/mol. The van der Waals surface area contributed by atoms with E-state index >= 15 is 0 Å². The van der Waals surface area contributed by atoms with E-state index in [0.29, 0.717) is 5.39 Å². The van der Waals surface area contributed by atoms with Gasteiger partial charge in [0, 0.05) is 25.7 Å². The number of rotatable bonds is 1. The number of aromatic nitrogens is 1. The number of carbonyl (C=O) groups is 1. The lowest BCUT2D eigenvalue weighted by Gasteiger charge is -2.12. The van der Waals surface area contributed by atoms with Crippen molar-refractivity contribution in [2.24, 2.45) is 0 Å². The summed E-state index contributed by atoms with van der Waals surface area (Å²) in [5, 5.41) is 0.674. The third kappa shape index (κ3) is 1.96. The number of benzene rings is 1. The zero-order valence-electron chi connectivity index (χ0n) is 9.37. The van der Waals surface area contributed by atoms with E-state index in [-0.39, 0.29) is 22.0 Å². The second kappa shape index (κ2) is 4.30. The van der Waals surface area contributed by atoms with Crippen LogP contribution in [0.15, 0.2) is 24.4 Å². The summed E-state index contributed by atoms with van der Waals surface area (Å²) < 4.78 is 13.4. The van der Waals surface area contributed by atoms with Crippen LogP contribution in [-0.2, 0) is 0 Å². The number of halogens is 2. The Morgan fingerprint density at radius 3 is 2.76 bits per heavy atom. The largest absolute Gasteiger partial charge is 0.345 e. The molecule has 0 unspecified atom stereocenters. The second-order valence-corrected chi connectivity index (χ2v) is 4.20. The number of amides is 1. The molecule has 17 heavy (non-hydrogen) atoms. The fourth-order valence-electron chi connectivity index (χ4n) is 1.54. The van der Waals surface area contributed by atoms with Crippen LogP contribution in [0.3, 0.4) is 0 Å². The molecule has 1 heterocycles. The van der Waals surface area contributed by atoms with E-state index in [1.165, 1.54) is 23.2 Å². The summed E-state index contributed by atoms with van der Waals surface area (Å²) in [7, 11) is 3.24. The summed E-state index contributed by atoms with van der Waals surface area (Å²) in [6.45, 7) is 0. The van der Waals surface area contributed by atoms with Crippen LogP contribution in [-0.4, -0.2) is 29.9 Å². The molecule has 1 aromatic heterocycles. The van der Waals surface area contributed by atoms with Gasteiger partial charge < -0.3 is 4.90 Å². The molecule has 0 atom stereocenters. The first kappa shape index (κ1) is 11.8. The van der Waals surface area contributed by atoms with Gasteiger partial charge in [-0.2, -0.15) is 0 Å². The van der Waals surface area contributed by atoms with Gasteiger partial charge in [-0.1, -0.05) is 23.7 Å². The molecule has 1 amide bonds. The van der Waals surface area contributed by atoms with E-state index in [9.17, 15) is 9.18 Å². The van der Waals surface area contributed by atoms with Crippen molar-refractivity contribution in [3.63, 3.8) is 0 Å². The Hall–Kier alpha value is -1.68. The van der Waals surface area contributed by atoms with E-state index in [1.807, 2.05) is 0 Å². The maximum Gasteiger partial charge on any atom is 0.256 e. The van der Waals surface area contributed by atoms with Crippen molar-refractivity contribution in [3.8, 4) is 0 Å². The van der Waals surface area contributed by atoms with Crippen molar-refractivity contribution in [3.05, 3.63) is 40.8 Å². The van der Waals surface area contributed by atoms with E-state index in [4.69, 9.17) is 11.6 Å². The molecule has 3 nitrogen and oxygen atoms in total. The second-order valence-electron chi connectivity index (χ2n) is 3.82. The van der Waals surface area contributed by atoms with Crippen molar-refractivity contribution in [1.29, 1.82) is 0 Å². The number of carbonyl (C=O) groups excluding carboxylic acids is 1. The molecule has 88 valence electrons. The van der Waals surface area contributed by atoms with E-state index in [2.05, 4.69) is 4.98 Å². The normalized spacial score (nSPS) is 10.6. The van der Waals surface area contributed by atoms with Gasteiger partial charge in [-0.15, -0.1) is 0 Å². The average Bonchev–Trinajstić information content (AvgIpc) is 2.30. The summed E-state index contributed by atoms with van der Waals surface area (Å²) in [6, 6.07) is 4.48. The van der Waals surface area contributed by atoms with Crippen LogP contribution >= 0.6 is 11.6 Å². The molecule has 0 aliphatic carbocycles. The molecule has 1 aromatic carbocycles. The molecule has 2 aromatic rings. The molecule has 2 rings (SSSR count). The molecule has 0 bridgehead atoms. The minimum atomic E-state index is -0.451. The highest BCUT2D eigenvalue weighted by atomic mass is 35.5. The molecule has 5 heteroatoms. The number of nitrogens with zero attached hydrogens (tertiary/aromatic N) is 2. The molecular formula is C12H10ClFN2O. The number of hydrogen-bond acceptors (Lipinski definition) is 2. The van der Waals surface area contributed by atoms with E-state index in [1.54, 1.807) is 20.2 Å². The summed E-state index contributed by atoms with van der Waals surface area (Å²) >= 11 is 6.10. The highest BCUT2D eigenvalue weighted by molar-refractivity contribution is 6.38. The van der Waals surface area contributed by atoms with Gasteiger partial charge in [0.25, 0.3) is 5.91 Å². The highest BCUT2D eigenvalue weighted by Gasteiger charge is 2.16. The number of fused-ring (bicyclic) bond motifs is 1. The Kier molecular flexibility index (Phi) is 2.98. The predicted molar refractivity (Wildman–Crippen MR) is 64.7 cm³/mol. The summed E-state index contributed by atoms with van der Waals surface area (Å²) in [5.41, 5.74) is 0.447. The minimum Gasteiger partial charge on any atom is -0.345 e. The van der Waals surface area contributed by atoms with Gasteiger partial charge in [0.05, 0.1) is 10.6 Å². The fourth-order valence-corrected chi connectivity index (χ4v) is 1.83. The van der Waals surface area contributed by atoms with Crippen molar-refractivity contribution in [2.75, 3.05) is 14.1 Å². The van der Waals surface area contributed by atoms with Crippen LogP contribution in [0.2, 0.25) is 5.02 Å². The SMILES string of the molecule is CN(C)C(=O)c1cnc2c(F)cccc2c1Cl. The van der Waals surface area contributed by atoms with E-state index in [0.717, 1.165) is 0 Å². The molecule has 0 saturated heterocycles. The van der Waals surface area contributed by atoms with Gasteiger partial charge in [-0.3, -0.25) is 9.78 Å². The van der Waals surface area contributed by atoms with Gasteiger partial charge in [0.15, 0.2) is 0 Å². The molecular weight excluding hydrogens is 243 g/mol. The maximum atomic E-state index is 13.4. The molecule has 0 saturated carbocycles. The molecule has 0 spiro atoms. The number of hydrogen-bond donors (Lipinski definition) is 0. The fraction of sp³-hybridized carbons (Fsp3) is 0.167. The van der Waals surface area contributed by atoms with Gasteiger partial charge in [0.1, 0.15) is 11.3 Å². The lowest BCUT2D eigenvalue weighted by molar-refractivity contribution is 0.0827. The Balaban J connectivity index is 2.71. The van der Waals surface area contributed by atoms with Crippen molar-refractivity contribution in [2.45, 2.75) is 0 Å². The van der Waals surface area contributed by atoms with Crippen LogP contribution in [0.4, 0.5) is 4.39 Å². The van der Waals surface area contributed by atoms with Crippen molar-refractivity contribution in [1.82, 2.24) is 9.88 Å². The van der Waals surface area contributed by atoms with Crippen molar-refractivity contribution >= 4 is 28.4 Å². The van der Waals surface area contributed by atoms with Crippen molar-refractivity contribution < 1.29 is 9.18 Å². The zero-order chi connectivity index (χ0) is 12.6. The Bertz CT molecular complexity index is 598. The van der Waals surface area contributed by atoms with Crippen LogP contribution < -0.4 is 0 Å². The quantitative estimate of drug-likeness (QED) is 0.782. The Morgan fingerprint density at radius 2 is 2.12 bits per heavy atom. The summed E-state index contributed by atoms with van der Waals surface area (Å²) in [4.78, 5) is 17.1. The lowest BCUT2D eigenvalue weighted by Crippen LogP contribution is -2.22. The third-order valence-electron chi connectivity index (χ3n) is 2.42. The van der Waals surface area contributed by atoms with Gasteiger partial charge in [0.2, 0.25) is 0 Å². The minimum absolute atomic E-state index is 0.174. The molecule has 0 radical (unpaired) electrons. The van der Waals surface area contributed by atoms with E-state index < -0.39 is 5.82 Å². The van der Waals surface area contributed by atoms with Gasteiger partial charge in [-0.05, 0) is 6.07 Å². The molecule has 0 fully saturated rings. The van der Waals surface area contributed by atoms with Crippen LogP contribution in [0.5, 0.6) is 0 Å². The third-order valence-corrected chi connectivity index (χ3v) is 2.83. The Morgan fingerprint density at radius 1 is 1.41 bits per heavy atom. The van der Waals surface area contributed by atoms with Gasteiger partial charge >= 0.3 is 0 Å². The van der Waals surface area contributed by atoms with Crippen LogP contribution in [0.1, 0.15) is 10.4 Å². The average molecular weight is 253 g/mol. The number of para-hydroxylation sites is 1. The van der Waals surface area contributed by atoms with Gasteiger partial charge in [-0.25, -0.2) is 4.39 Å². The first-order chi connectivity index (χ1) is 8.02.